The van der Waals surface area contributed by atoms with Gasteiger partial charge in [0.15, 0.2) is 0 Å². The van der Waals surface area contributed by atoms with E-state index in [0.717, 1.165) is 5.56 Å². The number of hydrazone groups is 1. The van der Waals surface area contributed by atoms with Crippen molar-refractivity contribution >= 4 is 23.6 Å². The molecule has 0 aliphatic rings. The summed E-state index contributed by atoms with van der Waals surface area (Å²) in [6.07, 6.45) is 1.50. The molecule has 0 aromatic heterocycles. The Hall–Kier alpha value is -3.22. The summed E-state index contributed by atoms with van der Waals surface area (Å²) >= 11 is 0. The van der Waals surface area contributed by atoms with Gasteiger partial charge >= 0.3 is 5.97 Å². The Labute approximate surface area is 126 Å². The summed E-state index contributed by atoms with van der Waals surface area (Å²) < 4.78 is 4.60. The van der Waals surface area contributed by atoms with Crippen molar-refractivity contribution in [3.63, 3.8) is 0 Å². The van der Waals surface area contributed by atoms with Gasteiger partial charge < -0.3 is 4.74 Å². The topological polar surface area (TPSA) is 93.8 Å². The summed E-state index contributed by atoms with van der Waals surface area (Å²) in [4.78, 5) is 21.7. The lowest BCUT2D eigenvalue weighted by molar-refractivity contribution is -0.384. The third-order valence-electron chi connectivity index (χ3n) is 2.83. The normalized spacial score (nSPS) is 10.4. The number of benzene rings is 2. The van der Waals surface area contributed by atoms with E-state index in [2.05, 4.69) is 15.3 Å². The highest BCUT2D eigenvalue weighted by Crippen LogP contribution is 2.22. The smallest absolute Gasteiger partial charge is 0.337 e. The molecule has 0 aliphatic carbocycles. The minimum atomic E-state index is -0.483. The Bertz CT molecular complexity index is 711. The lowest BCUT2D eigenvalue weighted by atomic mass is 10.1. The molecule has 0 unspecified atom stereocenters. The monoisotopic (exact) mass is 299 g/mol. The third-order valence-corrected chi connectivity index (χ3v) is 2.83. The van der Waals surface area contributed by atoms with E-state index in [1.165, 1.54) is 19.4 Å². The molecule has 0 spiro atoms. The van der Waals surface area contributed by atoms with Crippen LogP contribution in [-0.4, -0.2) is 24.2 Å². The highest BCUT2D eigenvalue weighted by molar-refractivity contribution is 5.90. The molecule has 0 heterocycles. The first-order valence-electron chi connectivity index (χ1n) is 6.32. The second-order valence-corrected chi connectivity index (χ2v) is 4.26. The number of nitro groups is 1. The van der Waals surface area contributed by atoms with Gasteiger partial charge in [-0.3, -0.25) is 15.5 Å². The summed E-state index contributed by atoms with van der Waals surface area (Å²) in [5.74, 6) is -0.415. The lowest BCUT2D eigenvalue weighted by Crippen LogP contribution is -2.01. The molecule has 7 heteroatoms. The van der Waals surface area contributed by atoms with Crippen molar-refractivity contribution in [2.75, 3.05) is 12.5 Å². The Morgan fingerprint density at radius 1 is 1.23 bits per heavy atom. The molecular formula is C15H13N3O4. The first-order valence-corrected chi connectivity index (χ1v) is 6.32. The van der Waals surface area contributed by atoms with Gasteiger partial charge in [0.05, 0.1) is 23.8 Å². The van der Waals surface area contributed by atoms with Gasteiger partial charge in [-0.2, -0.15) is 5.10 Å². The van der Waals surface area contributed by atoms with Crippen LogP contribution in [-0.2, 0) is 4.74 Å². The van der Waals surface area contributed by atoms with Crippen LogP contribution in [0, 0.1) is 10.1 Å². The van der Waals surface area contributed by atoms with E-state index < -0.39 is 10.9 Å². The molecule has 0 amide bonds. The van der Waals surface area contributed by atoms with Crippen LogP contribution >= 0.6 is 0 Å². The van der Waals surface area contributed by atoms with Gasteiger partial charge in [0.1, 0.15) is 5.69 Å². The number of nitrogens with one attached hydrogen (secondary N) is 1. The zero-order valence-electron chi connectivity index (χ0n) is 11.7. The Morgan fingerprint density at radius 3 is 2.55 bits per heavy atom. The number of methoxy groups -OCH3 is 1. The number of hydrogen-bond donors (Lipinski definition) is 1. The highest BCUT2D eigenvalue weighted by Gasteiger charge is 2.10. The Kier molecular flexibility index (Phi) is 4.81. The molecule has 2 aromatic rings. The molecule has 2 rings (SSSR count). The van der Waals surface area contributed by atoms with Crippen molar-refractivity contribution in [2.24, 2.45) is 5.10 Å². The number of para-hydroxylation sites is 2. The van der Waals surface area contributed by atoms with Crippen molar-refractivity contribution in [2.45, 2.75) is 0 Å². The maximum absolute atomic E-state index is 11.3. The SMILES string of the molecule is COC(=O)c1ccc(/C=N/Nc2ccccc2[N+](=O)[O-])cc1. The van der Waals surface area contributed by atoms with E-state index in [1.807, 2.05) is 0 Å². The molecule has 2 aromatic carbocycles. The standard InChI is InChI=1S/C15H13N3O4/c1-22-15(19)12-8-6-11(7-9-12)10-16-17-13-4-2-3-5-14(13)18(20)21/h2-10,17H,1H3/b16-10+. The van der Waals surface area contributed by atoms with Gasteiger partial charge in [0, 0.05) is 6.07 Å². The van der Waals surface area contributed by atoms with Crippen molar-refractivity contribution in [3.05, 3.63) is 69.8 Å². The molecule has 0 saturated heterocycles. The summed E-state index contributed by atoms with van der Waals surface area (Å²) in [7, 11) is 1.31. The van der Waals surface area contributed by atoms with Gasteiger partial charge in [-0.1, -0.05) is 24.3 Å². The molecule has 0 fully saturated rings. The number of ether oxygens (including phenoxy) is 1. The number of carbonyl (C=O) groups is 1. The molecule has 0 saturated carbocycles. The molecule has 0 atom stereocenters. The number of rotatable bonds is 5. The third kappa shape index (κ3) is 3.66. The predicted octanol–water partition coefficient (Wildman–Crippen LogP) is 2.83. The van der Waals surface area contributed by atoms with E-state index in [4.69, 9.17) is 0 Å². The van der Waals surface area contributed by atoms with Crippen molar-refractivity contribution in [3.8, 4) is 0 Å². The van der Waals surface area contributed by atoms with Crippen LogP contribution in [0.3, 0.4) is 0 Å². The molecule has 0 radical (unpaired) electrons. The number of nitrogens with zero attached hydrogens (tertiary/aromatic N) is 2. The summed E-state index contributed by atoms with van der Waals surface area (Å²) in [6.45, 7) is 0. The van der Waals surface area contributed by atoms with Crippen LogP contribution in [0.1, 0.15) is 15.9 Å². The summed E-state index contributed by atoms with van der Waals surface area (Å²) in [5.41, 5.74) is 4.05. The maximum Gasteiger partial charge on any atom is 0.337 e. The van der Waals surface area contributed by atoms with Crippen molar-refractivity contribution in [1.29, 1.82) is 0 Å². The van der Waals surface area contributed by atoms with Crippen LogP contribution in [0.25, 0.3) is 0 Å². The first-order chi connectivity index (χ1) is 10.6. The quantitative estimate of drug-likeness (QED) is 0.396. The van der Waals surface area contributed by atoms with Crippen molar-refractivity contribution in [1.82, 2.24) is 0 Å². The highest BCUT2D eigenvalue weighted by atomic mass is 16.6. The molecule has 7 nitrogen and oxygen atoms in total. The van der Waals surface area contributed by atoms with Crippen molar-refractivity contribution < 1.29 is 14.5 Å². The number of carbonyl (C=O) groups excluding carboxylic acids is 1. The number of nitro benzene ring substituents is 1. The largest absolute Gasteiger partial charge is 0.465 e. The summed E-state index contributed by atoms with van der Waals surface area (Å²) in [6, 6.07) is 12.8. The first kappa shape index (κ1) is 15.2. The zero-order chi connectivity index (χ0) is 15.9. The Morgan fingerprint density at radius 2 is 1.91 bits per heavy atom. The van der Waals surface area contributed by atoms with E-state index >= 15 is 0 Å². The minimum absolute atomic E-state index is 0.0549. The minimum Gasteiger partial charge on any atom is -0.465 e. The average Bonchev–Trinajstić information content (AvgIpc) is 2.55. The van der Waals surface area contributed by atoms with Gasteiger partial charge in [-0.05, 0) is 23.8 Å². The molecule has 0 aliphatic heterocycles. The average molecular weight is 299 g/mol. The summed E-state index contributed by atoms with van der Waals surface area (Å²) in [5, 5.41) is 14.8. The number of hydrogen-bond acceptors (Lipinski definition) is 6. The Balaban J connectivity index is 2.07. The van der Waals surface area contributed by atoms with Crippen LogP contribution in [0.4, 0.5) is 11.4 Å². The number of esters is 1. The molecule has 112 valence electrons. The second-order valence-electron chi connectivity index (χ2n) is 4.26. The van der Waals surface area contributed by atoms with Crippen LogP contribution in [0.15, 0.2) is 53.6 Å². The van der Waals surface area contributed by atoms with Crippen LogP contribution in [0.5, 0.6) is 0 Å². The van der Waals surface area contributed by atoms with Gasteiger partial charge in [0.25, 0.3) is 5.69 Å². The molecule has 1 N–H and O–H groups in total. The molecule has 0 bridgehead atoms. The van der Waals surface area contributed by atoms with Gasteiger partial charge in [0.2, 0.25) is 0 Å². The van der Waals surface area contributed by atoms with Crippen LogP contribution in [0.2, 0.25) is 0 Å². The fourth-order valence-corrected chi connectivity index (χ4v) is 1.73. The van der Waals surface area contributed by atoms with E-state index in [9.17, 15) is 14.9 Å². The lowest BCUT2D eigenvalue weighted by Gasteiger charge is -2.01. The molecular weight excluding hydrogens is 286 g/mol. The zero-order valence-corrected chi connectivity index (χ0v) is 11.7. The van der Waals surface area contributed by atoms with E-state index in [-0.39, 0.29) is 5.69 Å². The number of anilines is 1. The predicted molar refractivity (Wildman–Crippen MR) is 82.1 cm³/mol. The fraction of sp³-hybridized carbons (Fsp3) is 0.0667. The van der Waals surface area contributed by atoms with Gasteiger partial charge in [-0.15, -0.1) is 0 Å². The van der Waals surface area contributed by atoms with E-state index in [0.29, 0.717) is 11.3 Å². The second kappa shape index (κ2) is 6.98. The maximum atomic E-state index is 11.3. The van der Waals surface area contributed by atoms with Gasteiger partial charge in [-0.25, -0.2) is 4.79 Å². The van der Waals surface area contributed by atoms with Crippen LogP contribution < -0.4 is 5.43 Å². The molecule has 22 heavy (non-hydrogen) atoms. The van der Waals surface area contributed by atoms with E-state index in [1.54, 1.807) is 42.5 Å². The fourth-order valence-electron chi connectivity index (χ4n) is 1.73.